The summed E-state index contributed by atoms with van der Waals surface area (Å²) in [6, 6.07) is 2.89. The third-order valence-electron chi connectivity index (χ3n) is 2.79. The Labute approximate surface area is 108 Å². The van der Waals surface area contributed by atoms with Crippen LogP contribution in [-0.4, -0.2) is 23.4 Å². The Balaban J connectivity index is 2.29. The van der Waals surface area contributed by atoms with Crippen LogP contribution in [0.5, 0.6) is 0 Å². The Morgan fingerprint density at radius 3 is 2.81 bits per heavy atom. The minimum atomic E-state index is 0.315. The molecule has 1 unspecified atom stereocenters. The highest BCUT2D eigenvalue weighted by atomic mass is 79.9. The Kier molecular flexibility index (Phi) is 3.26. The molecule has 2 N–H and O–H groups in total. The highest BCUT2D eigenvalue weighted by molar-refractivity contribution is 9.10. The monoisotopic (exact) mass is 301 g/mol. The van der Waals surface area contributed by atoms with Gasteiger partial charge in [0.25, 0.3) is 0 Å². The zero-order chi connectivity index (χ0) is 11.9. The Bertz CT molecular complexity index is 405. The van der Waals surface area contributed by atoms with E-state index in [1.54, 1.807) is 0 Å². The first kappa shape index (κ1) is 11.9. The molecule has 0 saturated heterocycles. The molecular formula is C11H16BrN3S. The molecular weight excluding hydrogens is 286 g/mol. The molecule has 0 spiro atoms. The van der Waals surface area contributed by atoms with E-state index in [0.717, 1.165) is 6.54 Å². The van der Waals surface area contributed by atoms with Crippen LogP contribution in [0.4, 0.5) is 0 Å². The van der Waals surface area contributed by atoms with E-state index in [2.05, 4.69) is 52.7 Å². The second-order valence-electron chi connectivity index (χ2n) is 4.27. The predicted octanol–water partition coefficient (Wildman–Crippen LogP) is 2.90. The molecule has 5 heteroatoms. The van der Waals surface area contributed by atoms with Gasteiger partial charge in [0.2, 0.25) is 0 Å². The number of rotatable bonds is 2. The summed E-state index contributed by atoms with van der Waals surface area (Å²) in [4.78, 5) is 9.18. The SMILES string of the molecule is Cc1sc(C2CN=C(N)N2C(C)C)cc1Br. The minimum absolute atomic E-state index is 0.315. The fourth-order valence-corrected chi connectivity index (χ4v) is 3.66. The van der Waals surface area contributed by atoms with E-state index in [4.69, 9.17) is 5.73 Å². The van der Waals surface area contributed by atoms with Crippen molar-refractivity contribution in [3.63, 3.8) is 0 Å². The molecule has 3 nitrogen and oxygen atoms in total. The molecule has 2 heterocycles. The van der Waals surface area contributed by atoms with Crippen molar-refractivity contribution in [1.82, 2.24) is 4.90 Å². The van der Waals surface area contributed by atoms with Crippen molar-refractivity contribution in [2.45, 2.75) is 32.9 Å². The average Bonchev–Trinajstić information content (AvgIpc) is 2.71. The number of halogens is 1. The summed E-state index contributed by atoms with van der Waals surface area (Å²) >= 11 is 5.38. The van der Waals surface area contributed by atoms with Crippen LogP contribution >= 0.6 is 27.3 Å². The van der Waals surface area contributed by atoms with Gasteiger partial charge in [-0.25, -0.2) is 0 Å². The van der Waals surface area contributed by atoms with Crippen LogP contribution in [0, 0.1) is 6.92 Å². The lowest BCUT2D eigenvalue weighted by atomic mass is 10.2. The molecule has 16 heavy (non-hydrogen) atoms. The molecule has 2 rings (SSSR count). The molecule has 0 fully saturated rings. The molecule has 0 saturated carbocycles. The quantitative estimate of drug-likeness (QED) is 0.912. The van der Waals surface area contributed by atoms with Crippen LogP contribution in [0.25, 0.3) is 0 Å². The minimum Gasteiger partial charge on any atom is -0.370 e. The molecule has 1 aromatic heterocycles. The molecule has 1 aliphatic heterocycles. The van der Waals surface area contributed by atoms with Crippen molar-refractivity contribution >= 4 is 33.2 Å². The molecule has 0 amide bonds. The number of hydrogen-bond acceptors (Lipinski definition) is 4. The number of guanidine groups is 1. The van der Waals surface area contributed by atoms with Gasteiger partial charge in [0.05, 0.1) is 12.6 Å². The van der Waals surface area contributed by atoms with E-state index >= 15 is 0 Å². The first-order chi connectivity index (χ1) is 7.50. The van der Waals surface area contributed by atoms with E-state index in [0.29, 0.717) is 18.0 Å². The Hall–Kier alpha value is -0.550. The van der Waals surface area contributed by atoms with Crippen molar-refractivity contribution < 1.29 is 0 Å². The zero-order valence-corrected chi connectivity index (χ0v) is 12.1. The number of thiophene rings is 1. The van der Waals surface area contributed by atoms with Gasteiger partial charge < -0.3 is 10.6 Å². The predicted molar refractivity (Wildman–Crippen MR) is 73.0 cm³/mol. The summed E-state index contributed by atoms with van der Waals surface area (Å²) in [5.74, 6) is 0.669. The smallest absolute Gasteiger partial charge is 0.192 e. The number of aryl methyl sites for hydroxylation is 1. The number of hydrogen-bond donors (Lipinski definition) is 1. The van der Waals surface area contributed by atoms with E-state index in [1.165, 1.54) is 14.2 Å². The lowest BCUT2D eigenvalue weighted by Crippen LogP contribution is -2.40. The maximum absolute atomic E-state index is 5.92. The average molecular weight is 302 g/mol. The number of nitrogens with two attached hydrogens (primary N) is 1. The van der Waals surface area contributed by atoms with E-state index in [1.807, 2.05) is 11.3 Å². The molecule has 0 aliphatic carbocycles. The van der Waals surface area contributed by atoms with E-state index in [-0.39, 0.29) is 0 Å². The maximum Gasteiger partial charge on any atom is 0.192 e. The summed E-state index contributed by atoms with van der Waals surface area (Å²) in [5.41, 5.74) is 5.92. The first-order valence-corrected chi connectivity index (χ1v) is 6.95. The van der Waals surface area contributed by atoms with Gasteiger partial charge in [-0.3, -0.25) is 4.99 Å². The van der Waals surface area contributed by atoms with Gasteiger partial charge in [-0.1, -0.05) is 0 Å². The van der Waals surface area contributed by atoms with Crippen molar-refractivity contribution in [3.05, 3.63) is 20.3 Å². The fraction of sp³-hybridized carbons (Fsp3) is 0.545. The van der Waals surface area contributed by atoms with Crippen molar-refractivity contribution in [1.29, 1.82) is 0 Å². The Morgan fingerprint density at radius 1 is 1.62 bits per heavy atom. The summed E-state index contributed by atoms with van der Waals surface area (Å²) in [5, 5.41) is 0. The number of aliphatic imine (C=N–C) groups is 1. The maximum atomic E-state index is 5.92. The molecule has 88 valence electrons. The summed E-state index contributed by atoms with van der Waals surface area (Å²) in [6.07, 6.45) is 0. The lowest BCUT2D eigenvalue weighted by molar-refractivity contribution is 0.293. The third-order valence-corrected chi connectivity index (χ3v) is 5.03. The fourth-order valence-electron chi connectivity index (χ4n) is 2.01. The van der Waals surface area contributed by atoms with Gasteiger partial charge in [-0.15, -0.1) is 11.3 Å². The highest BCUT2D eigenvalue weighted by Crippen LogP contribution is 2.36. The lowest BCUT2D eigenvalue weighted by Gasteiger charge is -2.29. The van der Waals surface area contributed by atoms with E-state index in [9.17, 15) is 0 Å². The van der Waals surface area contributed by atoms with Crippen LogP contribution in [-0.2, 0) is 0 Å². The summed E-state index contributed by atoms with van der Waals surface area (Å²) in [6.45, 7) is 7.19. The third kappa shape index (κ3) is 1.98. The van der Waals surface area contributed by atoms with E-state index < -0.39 is 0 Å². The topological polar surface area (TPSA) is 41.6 Å². The first-order valence-electron chi connectivity index (χ1n) is 5.34. The standard InChI is InChI=1S/C11H16BrN3S/c1-6(2)15-9(5-14-11(15)13)10-4-8(12)7(3)16-10/h4,6,9H,5H2,1-3H3,(H2,13,14). The highest BCUT2D eigenvalue weighted by Gasteiger charge is 2.30. The largest absolute Gasteiger partial charge is 0.370 e. The second-order valence-corrected chi connectivity index (χ2v) is 6.41. The van der Waals surface area contributed by atoms with Crippen LogP contribution < -0.4 is 5.73 Å². The van der Waals surface area contributed by atoms with Crippen molar-refractivity contribution in [2.75, 3.05) is 6.54 Å². The van der Waals surface area contributed by atoms with Gasteiger partial charge in [0.15, 0.2) is 5.96 Å². The molecule has 0 bridgehead atoms. The van der Waals surface area contributed by atoms with Crippen molar-refractivity contribution in [3.8, 4) is 0 Å². The van der Waals surface area contributed by atoms with Gasteiger partial charge in [0.1, 0.15) is 0 Å². The molecule has 0 radical (unpaired) electrons. The van der Waals surface area contributed by atoms with Gasteiger partial charge in [0, 0.05) is 20.3 Å². The van der Waals surface area contributed by atoms with Gasteiger partial charge in [-0.2, -0.15) is 0 Å². The molecule has 1 aromatic rings. The summed E-state index contributed by atoms with van der Waals surface area (Å²) in [7, 11) is 0. The van der Waals surface area contributed by atoms with Gasteiger partial charge >= 0.3 is 0 Å². The van der Waals surface area contributed by atoms with Crippen LogP contribution in [0.2, 0.25) is 0 Å². The molecule has 0 aromatic carbocycles. The second kappa shape index (κ2) is 4.37. The van der Waals surface area contributed by atoms with Crippen molar-refractivity contribution in [2.24, 2.45) is 10.7 Å². The normalized spacial score (nSPS) is 20.7. The Morgan fingerprint density at radius 2 is 2.31 bits per heavy atom. The number of nitrogens with zero attached hydrogens (tertiary/aromatic N) is 2. The summed E-state index contributed by atoms with van der Waals surface area (Å²) < 4.78 is 1.18. The molecule has 1 atom stereocenters. The van der Waals surface area contributed by atoms with Crippen LogP contribution in [0.1, 0.15) is 29.6 Å². The van der Waals surface area contributed by atoms with Crippen LogP contribution in [0.15, 0.2) is 15.5 Å². The van der Waals surface area contributed by atoms with Crippen LogP contribution in [0.3, 0.4) is 0 Å². The zero-order valence-electron chi connectivity index (χ0n) is 9.70. The van der Waals surface area contributed by atoms with Gasteiger partial charge in [-0.05, 0) is 42.8 Å². The molecule has 1 aliphatic rings.